The molecule has 1 saturated carbocycles. The monoisotopic (exact) mass is 288 g/mol. The molecular weight excluding hydrogens is 256 g/mol. The summed E-state index contributed by atoms with van der Waals surface area (Å²) in [6.45, 7) is 9.17. The Bertz CT molecular complexity index is 404. The number of rotatable bonds is 7. The molecule has 1 aliphatic carbocycles. The fourth-order valence-corrected chi connectivity index (χ4v) is 3.51. The molecular formula is C19H32N2. The van der Waals surface area contributed by atoms with Crippen molar-refractivity contribution in [3.8, 4) is 0 Å². The van der Waals surface area contributed by atoms with Crippen LogP contribution in [-0.2, 0) is 0 Å². The van der Waals surface area contributed by atoms with E-state index in [9.17, 15) is 0 Å². The third-order valence-electron chi connectivity index (χ3n) is 4.69. The zero-order valence-corrected chi connectivity index (χ0v) is 14.2. The maximum Gasteiger partial charge on any atom is 0.0446 e. The number of nitrogens with one attached hydrogen (secondary N) is 1. The smallest absolute Gasteiger partial charge is 0.0446 e. The second-order valence-electron chi connectivity index (χ2n) is 7.04. The molecule has 1 aromatic carbocycles. The van der Waals surface area contributed by atoms with Crippen LogP contribution in [0.4, 0.5) is 0 Å². The van der Waals surface area contributed by atoms with Crippen LogP contribution in [0.25, 0.3) is 0 Å². The Balaban J connectivity index is 2.06. The maximum atomic E-state index is 3.52. The quantitative estimate of drug-likeness (QED) is 0.810. The van der Waals surface area contributed by atoms with E-state index in [1.165, 1.54) is 43.4 Å². The fourth-order valence-electron chi connectivity index (χ4n) is 3.51. The summed E-state index contributed by atoms with van der Waals surface area (Å²) in [6.07, 6.45) is 5.59. The molecule has 0 bridgehead atoms. The second-order valence-corrected chi connectivity index (χ2v) is 7.04. The lowest BCUT2D eigenvalue weighted by Gasteiger charge is -2.34. The van der Waals surface area contributed by atoms with Crippen molar-refractivity contribution in [3.05, 3.63) is 35.4 Å². The number of benzene rings is 1. The summed E-state index contributed by atoms with van der Waals surface area (Å²) in [5, 5.41) is 3.52. The number of aryl methyl sites for hydroxylation is 1. The van der Waals surface area contributed by atoms with E-state index >= 15 is 0 Å². The predicted octanol–water partition coefficient (Wildman–Crippen LogP) is 4.16. The van der Waals surface area contributed by atoms with Crippen molar-refractivity contribution >= 4 is 0 Å². The molecule has 2 rings (SSSR count). The minimum Gasteiger partial charge on any atom is -0.312 e. The number of nitrogens with zero attached hydrogens (tertiary/aromatic N) is 1. The van der Waals surface area contributed by atoms with E-state index in [0.717, 1.165) is 18.5 Å². The molecule has 1 aromatic rings. The molecule has 0 spiro atoms. The molecule has 21 heavy (non-hydrogen) atoms. The van der Waals surface area contributed by atoms with E-state index in [1.54, 1.807) is 0 Å². The van der Waals surface area contributed by atoms with Crippen molar-refractivity contribution in [1.29, 1.82) is 0 Å². The van der Waals surface area contributed by atoms with Gasteiger partial charge in [0.25, 0.3) is 0 Å². The van der Waals surface area contributed by atoms with Gasteiger partial charge in [-0.2, -0.15) is 0 Å². The summed E-state index contributed by atoms with van der Waals surface area (Å²) >= 11 is 0. The third-order valence-corrected chi connectivity index (χ3v) is 4.69. The Labute approximate surface area is 130 Å². The summed E-state index contributed by atoms with van der Waals surface area (Å²) in [5.74, 6) is 0.737. The molecule has 1 N–H and O–H groups in total. The zero-order chi connectivity index (χ0) is 15.2. The van der Waals surface area contributed by atoms with E-state index in [0.29, 0.717) is 6.04 Å². The highest BCUT2D eigenvalue weighted by Crippen LogP contribution is 2.26. The van der Waals surface area contributed by atoms with Gasteiger partial charge in [0.05, 0.1) is 0 Å². The summed E-state index contributed by atoms with van der Waals surface area (Å²) in [7, 11) is 2.09. The number of hydrogen-bond donors (Lipinski definition) is 1. The van der Waals surface area contributed by atoms with Crippen LogP contribution in [0, 0.1) is 12.8 Å². The van der Waals surface area contributed by atoms with Gasteiger partial charge < -0.3 is 5.32 Å². The predicted molar refractivity (Wildman–Crippen MR) is 91.6 cm³/mol. The van der Waals surface area contributed by atoms with Crippen LogP contribution in [-0.4, -0.2) is 31.1 Å². The lowest BCUT2D eigenvalue weighted by molar-refractivity contribution is 0.160. The second kappa shape index (κ2) is 7.95. The number of likely N-dealkylation sites (N-methyl/N-ethyl adjacent to an activating group) is 1. The Kier molecular flexibility index (Phi) is 6.25. The van der Waals surface area contributed by atoms with Gasteiger partial charge in [-0.3, -0.25) is 4.90 Å². The van der Waals surface area contributed by atoms with Crippen LogP contribution in [0.1, 0.15) is 56.7 Å². The van der Waals surface area contributed by atoms with Gasteiger partial charge in [-0.05, 0) is 38.3 Å². The van der Waals surface area contributed by atoms with E-state index in [2.05, 4.69) is 62.3 Å². The van der Waals surface area contributed by atoms with Crippen LogP contribution in [0.15, 0.2) is 24.3 Å². The highest BCUT2D eigenvalue weighted by atomic mass is 15.2. The summed E-state index contributed by atoms with van der Waals surface area (Å²) < 4.78 is 0. The zero-order valence-electron chi connectivity index (χ0n) is 14.2. The van der Waals surface area contributed by atoms with Crippen molar-refractivity contribution in [2.75, 3.05) is 20.1 Å². The summed E-state index contributed by atoms with van der Waals surface area (Å²) in [6, 6.07) is 10.2. The van der Waals surface area contributed by atoms with Crippen molar-refractivity contribution in [3.63, 3.8) is 0 Å². The average Bonchev–Trinajstić information content (AvgIpc) is 2.98. The molecule has 0 aliphatic heterocycles. The Morgan fingerprint density at radius 3 is 2.24 bits per heavy atom. The standard InChI is InChI=1S/C19H32N2/c1-15(2)13-21(18-7-5-6-8-18)14-19(20-4)17-11-9-16(3)10-12-17/h9-12,15,18-20H,5-8,13-14H2,1-4H3. The lowest BCUT2D eigenvalue weighted by Crippen LogP contribution is -2.41. The van der Waals surface area contributed by atoms with E-state index in [-0.39, 0.29) is 0 Å². The van der Waals surface area contributed by atoms with Crippen molar-refractivity contribution in [1.82, 2.24) is 10.2 Å². The molecule has 0 amide bonds. The minimum absolute atomic E-state index is 0.435. The van der Waals surface area contributed by atoms with Crippen LogP contribution in [0.5, 0.6) is 0 Å². The van der Waals surface area contributed by atoms with Crippen LogP contribution in [0.2, 0.25) is 0 Å². The molecule has 0 heterocycles. The van der Waals surface area contributed by atoms with Gasteiger partial charge in [0.2, 0.25) is 0 Å². The minimum atomic E-state index is 0.435. The summed E-state index contributed by atoms with van der Waals surface area (Å²) in [5.41, 5.74) is 2.75. The van der Waals surface area contributed by atoms with Gasteiger partial charge in [-0.15, -0.1) is 0 Å². The topological polar surface area (TPSA) is 15.3 Å². The molecule has 1 atom stereocenters. The fraction of sp³-hybridized carbons (Fsp3) is 0.684. The van der Waals surface area contributed by atoms with Gasteiger partial charge in [0.1, 0.15) is 0 Å². The molecule has 118 valence electrons. The highest BCUT2D eigenvalue weighted by Gasteiger charge is 2.25. The molecule has 0 radical (unpaired) electrons. The highest BCUT2D eigenvalue weighted by molar-refractivity contribution is 5.24. The van der Waals surface area contributed by atoms with Crippen molar-refractivity contribution in [2.45, 2.75) is 58.5 Å². The van der Waals surface area contributed by atoms with Crippen LogP contribution >= 0.6 is 0 Å². The first kappa shape index (κ1) is 16.5. The molecule has 0 aromatic heterocycles. The molecule has 1 unspecified atom stereocenters. The first-order valence-corrected chi connectivity index (χ1v) is 8.58. The van der Waals surface area contributed by atoms with Crippen molar-refractivity contribution in [2.24, 2.45) is 5.92 Å². The Hall–Kier alpha value is -0.860. The van der Waals surface area contributed by atoms with E-state index in [1.807, 2.05) is 0 Å². The normalized spacial score (nSPS) is 17.8. The molecule has 0 saturated heterocycles. The van der Waals surface area contributed by atoms with Crippen LogP contribution < -0.4 is 5.32 Å². The van der Waals surface area contributed by atoms with Crippen LogP contribution in [0.3, 0.4) is 0 Å². The third kappa shape index (κ3) is 4.82. The van der Waals surface area contributed by atoms with Gasteiger partial charge >= 0.3 is 0 Å². The first-order valence-electron chi connectivity index (χ1n) is 8.58. The molecule has 2 nitrogen and oxygen atoms in total. The average molecular weight is 288 g/mol. The van der Waals surface area contributed by atoms with Crippen molar-refractivity contribution < 1.29 is 0 Å². The summed E-state index contributed by atoms with van der Waals surface area (Å²) in [4.78, 5) is 2.73. The largest absolute Gasteiger partial charge is 0.312 e. The van der Waals surface area contributed by atoms with Gasteiger partial charge in [-0.25, -0.2) is 0 Å². The molecule has 1 fully saturated rings. The first-order chi connectivity index (χ1) is 10.1. The maximum absolute atomic E-state index is 3.52. The van der Waals surface area contributed by atoms with E-state index < -0.39 is 0 Å². The van der Waals surface area contributed by atoms with Gasteiger partial charge in [0.15, 0.2) is 0 Å². The van der Waals surface area contributed by atoms with Gasteiger partial charge in [0, 0.05) is 25.2 Å². The number of hydrogen-bond acceptors (Lipinski definition) is 2. The Morgan fingerprint density at radius 1 is 1.10 bits per heavy atom. The van der Waals surface area contributed by atoms with Gasteiger partial charge in [-0.1, -0.05) is 56.5 Å². The SMILES string of the molecule is CNC(CN(CC(C)C)C1CCCC1)c1ccc(C)cc1. The molecule has 2 heteroatoms. The molecule has 1 aliphatic rings. The lowest BCUT2D eigenvalue weighted by atomic mass is 10.0. The van der Waals surface area contributed by atoms with E-state index in [4.69, 9.17) is 0 Å². The Morgan fingerprint density at radius 2 is 1.71 bits per heavy atom.